The number of aliphatic carboxylic acids is 1. The largest absolute Gasteiger partial charge is 0.478 e. The summed E-state index contributed by atoms with van der Waals surface area (Å²) in [6.07, 6.45) is 9.21. The van der Waals surface area contributed by atoms with Gasteiger partial charge in [-0.3, -0.25) is 4.79 Å². The lowest BCUT2D eigenvalue weighted by Crippen LogP contribution is -2.35. The molecule has 1 amide bonds. The summed E-state index contributed by atoms with van der Waals surface area (Å²) in [5, 5.41) is 12.8. The van der Waals surface area contributed by atoms with Crippen molar-refractivity contribution >= 4 is 41.1 Å². The molecule has 0 aromatic heterocycles. The minimum atomic E-state index is -0.932. The van der Waals surface area contributed by atoms with E-state index < -0.39 is 5.97 Å². The molecular weight excluding hydrogens is 480 g/mol. The molecule has 5 nitrogen and oxygen atoms in total. The first-order valence-electron chi connectivity index (χ1n) is 11.7. The van der Waals surface area contributed by atoms with Gasteiger partial charge in [0.2, 0.25) is 5.91 Å². The number of benzene rings is 2. The molecule has 0 saturated heterocycles. The summed E-state index contributed by atoms with van der Waals surface area (Å²) in [4.78, 5) is 25.2. The third-order valence-electron chi connectivity index (χ3n) is 5.91. The highest BCUT2D eigenvalue weighted by molar-refractivity contribution is 8.00. The second-order valence-electron chi connectivity index (χ2n) is 8.27. The van der Waals surface area contributed by atoms with Crippen molar-refractivity contribution in [2.75, 3.05) is 17.4 Å². The molecule has 0 unspecified atom stereocenters. The van der Waals surface area contributed by atoms with Gasteiger partial charge in [0, 0.05) is 22.0 Å². The molecular formula is C28H31ClN2O3S. The van der Waals surface area contributed by atoms with Gasteiger partial charge in [-0.1, -0.05) is 61.9 Å². The molecule has 2 N–H and O–H groups in total. The highest BCUT2D eigenvalue weighted by Crippen LogP contribution is 2.34. The van der Waals surface area contributed by atoms with Crippen LogP contribution in [0.2, 0.25) is 5.02 Å². The number of rotatable bonds is 10. The molecule has 3 rings (SSSR count). The molecule has 0 aliphatic heterocycles. The Hall–Kier alpha value is -2.96. The average Bonchev–Trinajstić information content (AvgIpc) is 3.10. The molecule has 1 aliphatic rings. The van der Waals surface area contributed by atoms with Gasteiger partial charge >= 0.3 is 5.97 Å². The van der Waals surface area contributed by atoms with Crippen molar-refractivity contribution < 1.29 is 14.7 Å². The number of nitrogens with one attached hydrogen (secondary N) is 1. The number of carboxylic acid groups (broad SMARTS) is 1. The smallest absolute Gasteiger partial charge is 0.331 e. The molecule has 0 fully saturated rings. The van der Waals surface area contributed by atoms with Gasteiger partial charge < -0.3 is 14.7 Å². The quantitative estimate of drug-likeness (QED) is 0.367. The minimum absolute atomic E-state index is 0.136. The summed E-state index contributed by atoms with van der Waals surface area (Å²) >= 11 is 7.92. The Morgan fingerprint density at radius 3 is 2.63 bits per heavy atom. The summed E-state index contributed by atoms with van der Waals surface area (Å²) in [7, 11) is 0. The van der Waals surface area contributed by atoms with Gasteiger partial charge in [0.15, 0.2) is 0 Å². The lowest BCUT2D eigenvalue weighted by molar-refractivity contribution is -0.132. The maximum absolute atomic E-state index is 13.0. The van der Waals surface area contributed by atoms with E-state index in [-0.39, 0.29) is 12.5 Å². The summed E-state index contributed by atoms with van der Waals surface area (Å²) in [5.74, 6) is -1.07. The van der Waals surface area contributed by atoms with Crippen LogP contribution in [-0.2, 0) is 22.4 Å². The van der Waals surface area contributed by atoms with Crippen LogP contribution < -0.4 is 9.62 Å². The number of anilines is 1. The van der Waals surface area contributed by atoms with Gasteiger partial charge in [-0.15, -0.1) is 0 Å². The number of halogens is 1. The Bertz CT molecular complexity index is 1190. The molecule has 7 heteroatoms. The molecule has 2 aromatic carbocycles. The number of allylic oxidation sites excluding steroid dienone is 3. The van der Waals surface area contributed by atoms with Gasteiger partial charge in [0.1, 0.15) is 6.54 Å². The molecule has 2 aromatic rings. The number of hydrogen-bond acceptors (Lipinski definition) is 4. The zero-order chi connectivity index (χ0) is 25.4. The summed E-state index contributed by atoms with van der Waals surface area (Å²) in [6.45, 7) is 6.73. The van der Waals surface area contributed by atoms with Crippen LogP contribution in [0.1, 0.15) is 37.0 Å². The fourth-order valence-electron chi connectivity index (χ4n) is 3.83. The average molecular weight is 511 g/mol. The van der Waals surface area contributed by atoms with Crippen molar-refractivity contribution in [3.8, 4) is 0 Å². The van der Waals surface area contributed by atoms with Crippen molar-refractivity contribution in [2.24, 2.45) is 0 Å². The van der Waals surface area contributed by atoms with Crippen LogP contribution in [0.15, 0.2) is 76.7 Å². The van der Waals surface area contributed by atoms with Gasteiger partial charge in [-0.05, 0) is 84.7 Å². The van der Waals surface area contributed by atoms with Crippen molar-refractivity contribution in [1.82, 2.24) is 5.32 Å². The predicted octanol–water partition coefficient (Wildman–Crippen LogP) is 6.30. The van der Waals surface area contributed by atoms with E-state index in [2.05, 4.69) is 37.4 Å². The van der Waals surface area contributed by atoms with E-state index in [1.165, 1.54) is 23.1 Å². The first kappa shape index (κ1) is 26.6. The highest BCUT2D eigenvalue weighted by Gasteiger charge is 2.18. The zero-order valence-corrected chi connectivity index (χ0v) is 21.9. The minimum Gasteiger partial charge on any atom is -0.478 e. The normalized spacial score (nSPS) is 13.0. The first-order chi connectivity index (χ1) is 16.8. The van der Waals surface area contributed by atoms with Crippen molar-refractivity contribution in [3.05, 3.63) is 93.6 Å². The van der Waals surface area contributed by atoms with Crippen molar-refractivity contribution in [2.45, 2.75) is 44.9 Å². The number of carbonyl (C=O) groups excluding carboxylic acids is 1. The number of carbonyl (C=O) groups is 2. The second-order valence-corrected chi connectivity index (χ2v) is 9.77. The molecule has 184 valence electrons. The summed E-state index contributed by atoms with van der Waals surface area (Å²) in [5.41, 5.74) is 5.64. The summed E-state index contributed by atoms with van der Waals surface area (Å²) < 4.78 is 1.97. The van der Waals surface area contributed by atoms with E-state index in [1.807, 2.05) is 41.6 Å². The Labute approximate surface area is 216 Å². The zero-order valence-electron chi connectivity index (χ0n) is 20.3. The van der Waals surface area contributed by atoms with Crippen molar-refractivity contribution in [3.63, 3.8) is 0 Å². The standard InChI is InChI=1S/C28H31ClN2O3S/c1-4-21-14-15-24(16-22(21)5-2)35-31(26-11-7-10-25(29)19(26)3)18-27(32)30-17-20-8-6-9-23(13-12-20)28(33)34/h6-12,14-16H,4-5,13,17-18H2,1-3H3,(H,30,32)(H,33,34). The SMILES string of the molecule is CCc1ccc(SN(CC(=O)NCC2=CCC(C(=O)O)=CC=C2)c2cccc(Cl)c2C)cc1CC. The lowest BCUT2D eigenvalue weighted by Gasteiger charge is -2.25. The van der Waals surface area contributed by atoms with Gasteiger partial charge in [-0.2, -0.15) is 0 Å². The van der Waals surface area contributed by atoms with Gasteiger partial charge in [0.25, 0.3) is 0 Å². The Morgan fingerprint density at radius 2 is 1.91 bits per heavy atom. The van der Waals surface area contributed by atoms with Crippen molar-refractivity contribution in [1.29, 1.82) is 0 Å². The van der Waals surface area contributed by atoms with Gasteiger partial charge in [-0.25, -0.2) is 4.79 Å². The number of hydrogen-bond donors (Lipinski definition) is 2. The predicted molar refractivity (Wildman–Crippen MR) is 145 cm³/mol. The maximum Gasteiger partial charge on any atom is 0.331 e. The van der Waals surface area contributed by atoms with E-state index in [0.717, 1.165) is 34.6 Å². The van der Waals surface area contributed by atoms with Crippen LogP contribution in [-0.4, -0.2) is 30.1 Å². The Morgan fingerprint density at radius 1 is 1.14 bits per heavy atom. The Balaban J connectivity index is 1.75. The fourth-order valence-corrected chi connectivity index (χ4v) is 5.06. The second kappa shape index (κ2) is 12.7. The van der Waals surface area contributed by atoms with Gasteiger partial charge in [0.05, 0.1) is 5.69 Å². The molecule has 0 spiro atoms. The number of aryl methyl sites for hydroxylation is 2. The van der Waals surface area contributed by atoms with Crippen LogP contribution in [0, 0.1) is 6.92 Å². The maximum atomic E-state index is 13.0. The van der Waals surface area contributed by atoms with E-state index in [9.17, 15) is 14.7 Å². The lowest BCUT2D eigenvalue weighted by atomic mass is 10.0. The first-order valence-corrected chi connectivity index (χ1v) is 12.9. The number of amides is 1. The van der Waals surface area contributed by atoms with Crippen LogP contribution >= 0.6 is 23.5 Å². The van der Waals surface area contributed by atoms with E-state index >= 15 is 0 Å². The fraction of sp³-hybridized carbons (Fsp3) is 0.286. The molecule has 35 heavy (non-hydrogen) atoms. The van der Waals surface area contributed by atoms with Crippen LogP contribution in [0.25, 0.3) is 0 Å². The van der Waals surface area contributed by atoms with Crippen LogP contribution in [0.4, 0.5) is 5.69 Å². The molecule has 0 heterocycles. The highest BCUT2D eigenvalue weighted by atomic mass is 35.5. The molecule has 0 radical (unpaired) electrons. The van der Waals surface area contributed by atoms with E-state index in [0.29, 0.717) is 23.6 Å². The molecule has 1 aliphatic carbocycles. The molecule has 0 bridgehead atoms. The Kier molecular flexibility index (Phi) is 9.64. The third-order valence-corrected chi connectivity index (χ3v) is 7.33. The van der Waals surface area contributed by atoms with Crippen LogP contribution in [0.3, 0.4) is 0 Å². The molecule has 0 saturated carbocycles. The summed E-state index contributed by atoms with van der Waals surface area (Å²) in [6, 6.07) is 12.2. The topological polar surface area (TPSA) is 69.6 Å². The van der Waals surface area contributed by atoms with E-state index in [4.69, 9.17) is 11.6 Å². The molecule has 0 atom stereocenters. The van der Waals surface area contributed by atoms with E-state index in [1.54, 1.807) is 12.2 Å². The number of nitrogens with zero attached hydrogens (tertiary/aromatic N) is 1. The monoisotopic (exact) mass is 510 g/mol. The number of carboxylic acids is 1. The third kappa shape index (κ3) is 7.26. The van der Waals surface area contributed by atoms with Crippen LogP contribution in [0.5, 0.6) is 0 Å².